The highest BCUT2D eigenvalue weighted by Crippen LogP contribution is 2.26. The summed E-state index contributed by atoms with van der Waals surface area (Å²) in [6, 6.07) is 11.5. The Balaban J connectivity index is 2.50. The van der Waals surface area contributed by atoms with Gasteiger partial charge in [0.2, 0.25) is 0 Å². The van der Waals surface area contributed by atoms with Crippen LogP contribution in [0, 0.1) is 0 Å². The van der Waals surface area contributed by atoms with Crippen molar-refractivity contribution in [1.82, 2.24) is 9.88 Å². The summed E-state index contributed by atoms with van der Waals surface area (Å²) in [5, 5.41) is 0. The molecule has 0 spiro atoms. The highest BCUT2D eigenvalue weighted by atomic mass is 16.5. The highest BCUT2D eigenvalue weighted by molar-refractivity contribution is 5.99. The average Bonchev–Trinajstić information content (AvgIpc) is 2.53. The van der Waals surface area contributed by atoms with Crippen LogP contribution in [0.4, 0.5) is 0 Å². The summed E-state index contributed by atoms with van der Waals surface area (Å²) in [6.45, 7) is 1.99. The van der Waals surface area contributed by atoms with Crippen LogP contribution >= 0.6 is 0 Å². The van der Waals surface area contributed by atoms with Crippen molar-refractivity contribution in [2.45, 2.75) is 13.0 Å². The molecule has 0 aliphatic carbocycles. The van der Waals surface area contributed by atoms with Crippen LogP contribution in [-0.4, -0.2) is 37.0 Å². The van der Waals surface area contributed by atoms with Gasteiger partial charge in [0, 0.05) is 33.0 Å². The molecule has 1 unspecified atom stereocenters. The molecule has 0 aliphatic rings. The topological polar surface area (TPSA) is 42.4 Å². The molecule has 4 nitrogen and oxygen atoms in total. The third-order valence-corrected chi connectivity index (χ3v) is 3.43. The lowest BCUT2D eigenvalue weighted by atomic mass is 10.0. The molecule has 2 rings (SSSR count). The van der Waals surface area contributed by atoms with Crippen molar-refractivity contribution < 1.29 is 9.53 Å². The second-order valence-corrected chi connectivity index (χ2v) is 5.10. The first-order valence-electron chi connectivity index (χ1n) is 6.84. The number of aromatic nitrogens is 1. The number of benzene rings is 1. The van der Waals surface area contributed by atoms with Crippen LogP contribution in [-0.2, 0) is 4.74 Å². The molecule has 0 saturated heterocycles. The smallest absolute Gasteiger partial charge is 0.255 e. The zero-order valence-corrected chi connectivity index (χ0v) is 12.8. The first kappa shape index (κ1) is 15.2. The molecule has 1 atom stereocenters. The molecule has 1 heterocycles. The van der Waals surface area contributed by atoms with Crippen LogP contribution < -0.4 is 0 Å². The van der Waals surface area contributed by atoms with Gasteiger partial charge in [-0.05, 0) is 30.7 Å². The molecule has 4 heteroatoms. The molecule has 1 aromatic heterocycles. The van der Waals surface area contributed by atoms with Gasteiger partial charge >= 0.3 is 0 Å². The van der Waals surface area contributed by atoms with E-state index in [0.717, 1.165) is 11.1 Å². The van der Waals surface area contributed by atoms with Crippen molar-refractivity contribution in [3.8, 4) is 11.3 Å². The molecule has 110 valence electrons. The Morgan fingerprint density at radius 3 is 2.67 bits per heavy atom. The molecular formula is C17H20N2O2. The minimum Gasteiger partial charge on any atom is -0.377 e. The quantitative estimate of drug-likeness (QED) is 0.866. The zero-order chi connectivity index (χ0) is 15.4. The van der Waals surface area contributed by atoms with Crippen molar-refractivity contribution >= 4 is 5.91 Å². The molecule has 0 fully saturated rings. The predicted octanol–water partition coefficient (Wildman–Crippen LogP) is 3.16. The van der Waals surface area contributed by atoms with Crippen LogP contribution in [0.25, 0.3) is 11.3 Å². The Labute approximate surface area is 125 Å². The minimum absolute atomic E-state index is 0.00154. The number of carbonyl (C=O) groups is 1. The molecule has 21 heavy (non-hydrogen) atoms. The van der Waals surface area contributed by atoms with Crippen molar-refractivity contribution in [3.63, 3.8) is 0 Å². The predicted molar refractivity (Wildman–Crippen MR) is 83.1 cm³/mol. The summed E-state index contributed by atoms with van der Waals surface area (Å²) in [5.41, 5.74) is 3.28. The van der Waals surface area contributed by atoms with Crippen molar-refractivity contribution in [2.24, 2.45) is 0 Å². The largest absolute Gasteiger partial charge is 0.377 e. The summed E-state index contributed by atoms with van der Waals surface area (Å²) < 4.78 is 5.35. The summed E-state index contributed by atoms with van der Waals surface area (Å²) in [5.74, 6) is -0.0525. The fourth-order valence-electron chi connectivity index (χ4n) is 2.12. The number of ether oxygens (including phenoxy) is 1. The van der Waals surface area contributed by atoms with Gasteiger partial charge in [0.05, 0.1) is 17.4 Å². The minimum atomic E-state index is -0.0525. The maximum absolute atomic E-state index is 12.3. The molecule has 0 saturated carbocycles. The lowest BCUT2D eigenvalue weighted by Gasteiger charge is -2.15. The molecule has 0 radical (unpaired) electrons. The molecule has 0 bridgehead atoms. The molecular weight excluding hydrogens is 264 g/mol. The van der Waals surface area contributed by atoms with Crippen molar-refractivity contribution in [1.29, 1.82) is 0 Å². The average molecular weight is 284 g/mol. The Kier molecular flexibility index (Phi) is 4.70. The molecule has 1 amide bonds. The highest BCUT2D eigenvalue weighted by Gasteiger charge is 2.16. The van der Waals surface area contributed by atoms with Crippen molar-refractivity contribution in [3.05, 3.63) is 53.7 Å². The maximum Gasteiger partial charge on any atom is 0.255 e. The van der Waals surface area contributed by atoms with Gasteiger partial charge in [-0.3, -0.25) is 9.78 Å². The number of nitrogens with zero attached hydrogens (tertiary/aromatic N) is 2. The van der Waals surface area contributed by atoms with Crippen LogP contribution in [0.1, 0.15) is 28.9 Å². The van der Waals surface area contributed by atoms with Crippen LogP contribution in [0.2, 0.25) is 0 Å². The lowest BCUT2D eigenvalue weighted by molar-refractivity contribution is 0.0828. The van der Waals surface area contributed by atoms with Gasteiger partial charge in [-0.1, -0.05) is 18.2 Å². The number of pyridine rings is 1. The Morgan fingerprint density at radius 2 is 2.00 bits per heavy atom. The number of amides is 1. The van der Waals surface area contributed by atoms with Gasteiger partial charge in [0.1, 0.15) is 0 Å². The third-order valence-electron chi connectivity index (χ3n) is 3.43. The Hall–Kier alpha value is -2.20. The van der Waals surface area contributed by atoms with Crippen molar-refractivity contribution in [2.75, 3.05) is 21.2 Å². The van der Waals surface area contributed by atoms with Crippen LogP contribution in [0.15, 0.2) is 42.6 Å². The SMILES string of the molecule is COC(C)c1cccc(-c2ncccc2C(=O)N(C)C)c1. The first-order valence-corrected chi connectivity index (χ1v) is 6.84. The molecule has 0 N–H and O–H groups in total. The number of hydrogen-bond donors (Lipinski definition) is 0. The van der Waals surface area contributed by atoms with E-state index in [4.69, 9.17) is 4.74 Å². The Bertz CT molecular complexity index is 638. The fourth-order valence-corrected chi connectivity index (χ4v) is 2.12. The number of rotatable bonds is 4. The van der Waals surface area contributed by atoms with Crippen LogP contribution in [0.3, 0.4) is 0 Å². The summed E-state index contributed by atoms with van der Waals surface area (Å²) in [7, 11) is 5.16. The fraction of sp³-hybridized carbons (Fsp3) is 0.294. The molecule has 0 aliphatic heterocycles. The van der Waals surface area contributed by atoms with Gasteiger partial charge < -0.3 is 9.64 Å². The summed E-state index contributed by atoms with van der Waals surface area (Å²) >= 11 is 0. The van der Waals surface area contributed by atoms with E-state index in [1.165, 1.54) is 0 Å². The molecule has 2 aromatic rings. The molecule has 1 aromatic carbocycles. The van der Waals surface area contributed by atoms with E-state index in [9.17, 15) is 4.79 Å². The Morgan fingerprint density at radius 1 is 1.24 bits per heavy atom. The maximum atomic E-state index is 12.3. The van der Waals surface area contributed by atoms with Gasteiger partial charge in [0.25, 0.3) is 5.91 Å². The van der Waals surface area contributed by atoms with E-state index in [1.54, 1.807) is 44.4 Å². The number of hydrogen-bond acceptors (Lipinski definition) is 3. The third kappa shape index (κ3) is 3.28. The second kappa shape index (κ2) is 6.50. The summed E-state index contributed by atoms with van der Waals surface area (Å²) in [6.07, 6.45) is 1.70. The number of carbonyl (C=O) groups excluding carboxylic acids is 1. The lowest BCUT2D eigenvalue weighted by Crippen LogP contribution is -2.22. The van der Waals surface area contributed by atoms with E-state index >= 15 is 0 Å². The van der Waals surface area contributed by atoms with E-state index in [2.05, 4.69) is 4.98 Å². The van der Waals surface area contributed by atoms with Crippen LogP contribution in [0.5, 0.6) is 0 Å². The second-order valence-electron chi connectivity index (χ2n) is 5.10. The summed E-state index contributed by atoms with van der Waals surface area (Å²) in [4.78, 5) is 18.2. The van der Waals surface area contributed by atoms with E-state index < -0.39 is 0 Å². The van der Waals surface area contributed by atoms with Gasteiger partial charge in [-0.25, -0.2) is 0 Å². The normalized spacial score (nSPS) is 12.0. The number of methoxy groups -OCH3 is 1. The van der Waals surface area contributed by atoms with E-state index in [0.29, 0.717) is 11.3 Å². The van der Waals surface area contributed by atoms with E-state index in [1.807, 2.05) is 31.2 Å². The zero-order valence-electron chi connectivity index (χ0n) is 12.8. The monoisotopic (exact) mass is 284 g/mol. The first-order chi connectivity index (χ1) is 10.0. The van der Waals surface area contributed by atoms with Gasteiger partial charge in [-0.2, -0.15) is 0 Å². The van der Waals surface area contributed by atoms with Gasteiger partial charge in [0.15, 0.2) is 0 Å². The van der Waals surface area contributed by atoms with Gasteiger partial charge in [-0.15, -0.1) is 0 Å². The van der Waals surface area contributed by atoms with E-state index in [-0.39, 0.29) is 12.0 Å². The standard InChI is InChI=1S/C17H20N2O2/c1-12(21-4)13-7-5-8-14(11-13)16-15(9-6-10-18-16)17(20)19(2)3/h5-12H,1-4H3.